The summed E-state index contributed by atoms with van der Waals surface area (Å²) < 4.78 is 10.6. The first kappa shape index (κ1) is 23.2. The number of anilines is 2. The maximum atomic E-state index is 13.0. The summed E-state index contributed by atoms with van der Waals surface area (Å²) in [5, 5.41) is 6.27. The van der Waals surface area contributed by atoms with E-state index in [0.717, 1.165) is 16.8 Å². The van der Waals surface area contributed by atoms with Crippen LogP contribution in [0.15, 0.2) is 30.3 Å². The molecular weight excluding hydrogens is 444 g/mol. The molecule has 3 amide bonds. The van der Waals surface area contributed by atoms with Crippen molar-refractivity contribution in [2.24, 2.45) is 5.73 Å². The third-order valence-electron chi connectivity index (χ3n) is 6.70. The number of halogens is 1. The third-order valence-corrected chi connectivity index (χ3v) is 7.00. The van der Waals surface area contributed by atoms with Gasteiger partial charge in [-0.2, -0.15) is 0 Å². The van der Waals surface area contributed by atoms with Gasteiger partial charge in [-0.05, 0) is 62.4 Å². The van der Waals surface area contributed by atoms with E-state index < -0.39 is 5.54 Å². The molecule has 0 radical (unpaired) electrons. The van der Waals surface area contributed by atoms with E-state index in [9.17, 15) is 9.59 Å². The molecule has 4 rings (SSSR count). The molecule has 2 aliphatic rings. The number of hydrogen-bond acceptors (Lipinski definition) is 5. The van der Waals surface area contributed by atoms with Crippen LogP contribution in [0.25, 0.3) is 0 Å². The van der Waals surface area contributed by atoms with Crippen LogP contribution in [-0.2, 0) is 11.3 Å². The molecule has 2 aromatic carbocycles. The van der Waals surface area contributed by atoms with E-state index in [2.05, 4.69) is 10.6 Å². The van der Waals surface area contributed by atoms with Crippen molar-refractivity contribution in [3.63, 3.8) is 0 Å². The van der Waals surface area contributed by atoms with Crippen LogP contribution in [0.4, 0.5) is 16.2 Å². The van der Waals surface area contributed by atoms with Crippen molar-refractivity contribution < 1.29 is 19.1 Å². The van der Waals surface area contributed by atoms with E-state index in [1.165, 1.54) is 7.11 Å². The van der Waals surface area contributed by atoms with E-state index in [1.807, 2.05) is 24.0 Å². The monoisotopic (exact) mass is 472 g/mol. The Labute approximate surface area is 198 Å². The number of carbonyl (C=O) groups excluding carboxylic acids is 2. The number of carbonyl (C=O) groups is 2. The van der Waals surface area contributed by atoms with Gasteiger partial charge < -0.3 is 30.7 Å². The molecule has 0 bridgehead atoms. The molecule has 1 fully saturated rings. The Morgan fingerprint density at radius 2 is 1.85 bits per heavy atom. The van der Waals surface area contributed by atoms with Crippen molar-refractivity contribution in [2.75, 3.05) is 24.9 Å². The zero-order chi connectivity index (χ0) is 23.8. The summed E-state index contributed by atoms with van der Waals surface area (Å²) >= 11 is 6.16. The predicted octanol–water partition coefficient (Wildman–Crippen LogP) is 4.29. The lowest BCUT2D eigenvalue weighted by atomic mass is 9.78. The highest BCUT2D eigenvalue weighted by Crippen LogP contribution is 2.38. The molecule has 8 nitrogen and oxygen atoms in total. The lowest BCUT2D eigenvalue weighted by molar-refractivity contribution is -0.122. The standard InChI is InChI=1S/C24H29ClN4O4/c1-14-4-6-20(33-3)21-17(14)13-29(23(31)28-21)16-8-10-24(26,11-9-16)22(30)27-15-5-7-19(32-2)18(25)12-15/h4-7,12,16H,8-11,13,26H2,1-3H3,(H,27,30)(H,28,31). The Kier molecular flexibility index (Phi) is 6.41. The number of amides is 3. The van der Waals surface area contributed by atoms with Crippen LogP contribution < -0.4 is 25.8 Å². The first-order valence-electron chi connectivity index (χ1n) is 10.9. The topological polar surface area (TPSA) is 106 Å². The maximum Gasteiger partial charge on any atom is 0.322 e. The first-order chi connectivity index (χ1) is 15.8. The van der Waals surface area contributed by atoms with Gasteiger partial charge in [0, 0.05) is 17.3 Å². The predicted molar refractivity (Wildman–Crippen MR) is 128 cm³/mol. The summed E-state index contributed by atoms with van der Waals surface area (Å²) in [5.74, 6) is 0.937. The van der Waals surface area contributed by atoms with Gasteiger partial charge in [0.15, 0.2) is 0 Å². The van der Waals surface area contributed by atoms with E-state index in [0.29, 0.717) is 54.4 Å². The van der Waals surface area contributed by atoms with Gasteiger partial charge in [-0.3, -0.25) is 4.79 Å². The van der Waals surface area contributed by atoms with E-state index >= 15 is 0 Å². The van der Waals surface area contributed by atoms with Crippen molar-refractivity contribution in [3.05, 3.63) is 46.5 Å². The number of nitrogens with one attached hydrogen (secondary N) is 2. The average molecular weight is 473 g/mol. The van der Waals surface area contributed by atoms with Gasteiger partial charge in [-0.1, -0.05) is 17.7 Å². The number of nitrogens with two attached hydrogens (primary N) is 1. The minimum absolute atomic E-state index is 0.00339. The largest absolute Gasteiger partial charge is 0.495 e. The molecule has 9 heteroatoms. The van der Waals surface area contributed by atoms with Gasteiger partial charge in [0.25, 0.3) is 0 Å². The Balaban J connectivity index is 1.42. The Morgan fingerprint density at radius 3 is 2.48 bits per heavy atom. The van der Waals surface area contributed by atoms with Gasteiger partial charge in [0.2, 0.25) is 5.91 Å². The van der Waals surface area contributed by atoms with Crippen molar-refractivity contribution >= 4 is 34.9 Å². The number of hydrogen-bond donors (Lipinski definition) is 3. The lowest BCUT2D eigenvalue weighted by Crippen LogP contribution is -2.57. The molecule has 0 aromatic heterocycles. The van der Waals surface area contributed by atoms with E-state index in [4.69, 9.17) is 26.8 Å². The van der Waals surface area contributed by atoms with Crippen LogP contribution >= 0.6 is 11.6 Å². The van der Waals surface area contributed by atoms with Crippen LogP contribution in [0.2, 0.25) is 5.02 Å². The Hall–Kier alpha value is -2.97. The van der Waals surface area contributed by atoms with Gasteiger partial charge >= 0.3 is 6.03 Å². The van der Waals surface area contributed by atoms with Gasteiger partial charge in [0.1, 0.15) is 11.5 Å². The van der Waals surface area contributed by atoms with Gasteiger partial charge in [-0.25, -0.2) is 4.79 Å². The molecule has 1 saturated carbocycles. The molecule has 2 aromatic rings. The Morgan fingerprint density at radius 1 is 1.18 bits per heavy atom. The van der Waals surface area contributed by atoms with Crippen LogP contribution in [-0.4, -0.2) is 42.6 Å². The average Bonchev–Trinajstić information content (AvgIpc) is 2.80. The second-order valence-electron chi connectivity index (χ2n) is 8.69. The molecule has 0 saturated heterocycles. The highest BCUT2D eigenvalue weighted by Gasteiger charge is 2.42. The van der Waals surface area contributed by atoms with Gasteiger partial charge in [0.05, 0.1) is 37.0 Å². The lowest BCUT2D eigenvalue weighted by Gasteiger charge is -2.42. The molecule has 176 valence electrons. The van der Waals surface area contributed by atoms with Crippen molar-refractivity contribution in [2.45, 2.75) is 50.7 Å². The van der Waals surface area contributed by atoms with E-state index in [1.54, 1.807) is 25.3 Å². The fourth-order valence-electron chi connectivity index (χ4n) is 4.61. The second-order valence-corrected chi connectivity index (χ2v) is 9.09. The van der Waals surface area contributed by atoms with Gasteiger partial charge in [-0.15, -0.1) is 0 Å². The summed E-state index contributed by atoms with van der Waals surface area (Å²) in [7, 11) is 3.13. The molecule has 4 N–H and O–H groups in total. The number of fused-ring (bicyclic) bond motifs is 1. The van der Waals surface area contributed by atoms with Crippen molar-refractivity contribution in [1.82, 2.24) is 4.90 Å². The van der Waals surface area contributed by atoms with Crippen LogP contribution in [0.5, 0.6) is 11.5 Å². The molecule has 1 heterocycles. The maximum absolute atomic E-state index is 13.0. The highest BCUT2D eigenvalue weighted by molar-refractivity contribution is 6.32. The molecule has 0 atom stereocenters. The van der Waals surface area contributed by atoms with Crippen LogP contribution in [0.3, 0.4) is 0 Å². The molecule has 1 aliphatic carbocycles. The molecule has 1 aliphatic heterocycles. The summed E-state index contributed by atoms with van der Waals surface area (Å²) in [6.07, 6.45) is 2.22. The van der Waals surface area contributed by atoms with E-state index in [-0.39, 0.29) is 18.0 Å². The number of urea groups is 1. The molecule has 0 spiro atoms. The summed E-state index contributed by atoms with van der Waals surface area (Å²) in [6.45, 7) is 2.53. The normalized spacial score (nSPS) is 22.3. The number of aryl methyl sites for hydroxylation is 1. The summed E-state index contributed by atoms with van der Waals surface area (Å²) in [5.41, 5.74) is 8.94. The zero-order valence-corrected chi connectivity index (χ0v) is 19.8. The third kappa shape index (κ3) is 4.45. The SMILES string of the molecule is COc1ccc(NC(=O)C2(N)CCC(N3Cc4c(C)ccc(OC)c4NC3=O)CC2)cc1Cl. The molecular formula is C24H29ClN4O4. The highest BCUT2D eigenvalue weighted by atomic mass is 35.5. The van der Waals surface area contributed by atoms with Crippen molar-refractivity contribution in [1.29, 1.82) is 0 Å². The zero-order valence-electron chi connectivity index (χ0n) is 19.0. The smallest absolute Gasteiger partial charge is 0.322 e. The fourth-order valence-corrected chi connectivity index (χ4v) is 4.87. The summed E-state index contributed by atoms with van der Waals surface area (Å²) in [4.78, 5) is 27.7. The molecule has 0 unspecified atom stereocenters. The number of ether oxygens (including phenoxy) is 2. The minimum Gasteiger partial charge on any atom is -0.495 e. The quantitative estimate of drug-likeness (QED) is 0.601. The van der Waals surface area contributed by atoms with Crippen molar-refractivity contribution in [3.8, 4) is 11.5 Å². The number of nitrogens with zero attached hydrogens (tertiary/aromatic N) is 1. The number of methoxy groups -OCH3 is 2. The second kappa shape index (κ2) is 9.11. The van der Waals surface area contributed by atoms with Crippen LogP contribution in [0, 0.1) is 6.92 Å². The number of rotatable bonds is 5. The first-order valence-corrected chi connectivity index (χ1v) is 11.3. The Bertz CT molecular complexity index is 1080. The fraction of sp³-hybridized carbons (Fsp3) is 0.417. The minimum atomic E-state index is -1.01. The van der Waals surface area contributed by atoms with Crippen LogP contribution in [0.1, 0.15) is 36.8 Å². The summed E-state index contributed by atoms with van der Waals surface area (Å²) in [6, 6.07) is 8.77. The number of benzene rings is 2. The molecule has 33 heavy (non-hydrogen) atoms.